The molecule has 4 nitrogen and oxygen atoms in total. The molecule has 0 aromatic heterocycles. The number of likely N-dealkylation sites (tertiary alicyclic amines) is 1. The van der Waals surface area contributed by atoms with E-state index in [0.717, 1.165) is 24.2 Å². The molecule has 0 aliphatic carbocycles. The summed E-state index contributed by atoms with van der Waals surface area (Å²) in [5.41, 5.74) is 5.75. The van der Waals surface area contributed by atoms with E-state index in [-0.39, 0.29) is 5.91 Å². The van der Waals surface area contributed by atoms with Gasteiger partial charge in [0.2, 0.25) is 5.91 Å². The summed E-state index contributed by atoms with van der Waals surface area (Å²) < 4.78 is 0. The molecular weight excluding hydrogens is 342 g/mol. The summed E-state index contributed by atoms with van der Waals surface area (Å²) in [6, 6.07) is 14.5. The highest BCUT2D eigenvalue weighted by Gasteiger charge is 2.20. The Morgan fingerprint density at radius 1 is 1.15 bits per heavy atom. The maximum atomic E-state index is 11.9. The highest BCUT2D eigenvalue weighted by molar-refractivity contribution is 7.80. The molecule has 1 aliphatic rings. The van der Waals surface area contributed by atoms with Crippen LogP contribution in [0, 0.1) is 13.8 Å². The second-order valence-corrected chi connectivity index (χ2v) is 7.22. The smallest absolute Gasteiger partial charge is 0.222 e. The third kappa shape index (κ3) is 4.61. The summed E-state index contributed by atoms with van der Waals surface area (Å²) in [6.07, 6.45) is 1.63. The van der Waals surface area contributed by atoms with Crippen molar-refractivity contribution in [2.45, 2.75) is 39.8 Å². The molecule has 1 fully saturated rings. The zero-order valence-corrected chi connectivity index (χ0v) is 16.2. The third-order valence-corrected chi connectivity index (χ3v) is 4.97. The first-order valence-electron chi connectivity index (χ1n) is 8.99. The zero-order chi connectivity index (χ0) is 18.5. The highest BCUT2D eigenvalue weighted by atomic mass is 32.1. The van der Waals surface area contributed by atoms with Gasteiger partial charge in [-0.05, 0) is 55.2 Å². The second kappa shape index (κ2) is 8.32. The number of benzene rings is 2. The monoisotopic (exact) mass is 367 g/mol. The van der Waals surface area contributed by atoms with E-state index in [1.165, 1.54) is 16.7 Å². The fourth-order valence-corrected chi connectivity index (χ4v) is 3.44. The molecule has 1 heterocycles. The van der Waals surface area contributed by atoms with Gasteiger partial charge in [-0.2, -0.15) is 0 Å². The van der Waals surface area contributed by atoms with E-state index in [1.807, 2.05) is 23.1 Å². The SMILES string of the molecule is Cc1ccc(NC(=S)NCc2ccccc2CN2CCCC2=O)c(C)c1. The van der Waals surface area contributed by atoms with Crippen LogP contribution in [0.3, 0.4) is 0 Å². The van der Waals surface area contributed by atoms with Gasteiger partial charge in [0, 0.05) is 31.7 Å². The van der Waals surface area contributed by atoms with Gasteiger partial charge >= 0.3 is 0 Å². The Morgan fingerprint density at radius 2 is 1.92 bits per heavy atom. The number of carbonyl (C=O) groups excluding carboxylic acids is 1. The molecule has 1 amide bonds. The standard InChI is InChI=1S/C21H25N3OS/c1-15-9-10-19(16(2)12-15)23-21(26)22-13-17-6-3-4-7-18(17)14-24-11-5-8-20(24)25/h3-4,6-7,9-10,12H,5,8,11,13-14H2,1-2H3,(H2,22,23,26). The first-order chi connectivity index (χ1) is 12.5. The Hall–Kier alpha value is -2.40. The quantitative estimate of drug-likeness (QED) is 0.787. The number of hydrogen-bond acceptors (Lipinski definition) is 2. The summed E-state index contributed by atoms with van der Waals surface area (Å²) in [7, 11) is 0. The first-order valence-corrected chi connectivity index (χ1v) is 9.40. The van der Waals surface area contributed by atoms with Crippen LogP contribution >= 0.6 is 12.2 Å². The van der Waals surface area contributed by atoms with Crippen LogP contribution in [0.2, 0.25) is 0 Å². The van der Waals surface area contributed by atoms with Crippen molar-refractivity contribution in [2.75, 3.05) is 11.9 Å². The predicted octanol–water partition coefficient (Wildman–Crippen LogP) is 3.91. The maximum Gasteiger partial charge on any atom is 0.222 e. The van der Waals surface area contributed by atoms with Gasteiger partial charge in [0.25, 0.3) is 0 Å². The number of nitrogens with zero attached hydrogens (tertiary/aromatic N) is 1. The molecular formula is C21H25N3OS. The number of anilines is 1. The van der Waals surface area contributed by atoms with Crippen molar-refractivity contribution < 1.29 is 4.79 Å². The van der Waals surface area contributed by atoms with Crippen molar-refractivity contribution in [3.63, 3.8) is 0 Å². The lowest BCUT2D eigenvalue weighted by molar-refractivity contribution is -0.128. The van der Waals surface area contributed by atoms with Crippen molar-refractivity contribution in [2.24, 2.45) is 0 Å². The Labute approximate surface area is 160 Å². The molecule has 0 unspecified atom stereocenters. The molecule has 26 heavy (non-hydrogen) atoms. The van der Waals surface area contributed by atoms with Gasteiger partial charge in [-0.3, -0.25) is 4.79 Å². The number of thiocarbonyl (C=S) groups is 1. The summed E-state index contributed by atoms with van der Waals surface area (Å²) in [5.74, 6) is 0.250. The molecule has 0 bridgehead atoms. The zero-order valence-electron chi connectivity index (χ0n) is 15.3. The fourth-order valence-electron chi connectivity index (χ4n) is 3.26. The van der Waals surface area contributed by atoms with Crippen LogP contribution in [0.1, 0.15) is 35.1 Å². The van der Waals surface area contributed by atoms with E-state index in [1.54, 1.807) is 0 Å². The van der Waals surface area contributed by atoms with Crippen LogP contribution in [0.25, 0.3) is 0 Å². The number of amides is 1. The Morgan fingerprint density at radius 3 is 2.62 bits per heavy atom. The minimum atomic E-state index is 0.250. The summed E-state index contributed by atoms with van der Waals surface area (Å²) in [4.78, 5) is 13.8. The molecule has 2 aromatic carbocycles. The van der Waals surface area contributed by atoms with Crippen LogP contribution in [0.4, 0.5) is 5.69 Å². The Bertz CT molecular complexity index is 819. The van der Waals surface area contributed by atoms with Crippen molar-refractivity contribution >= 4 is 28.9 Å². The number of aryl methyl sites for hydroxylation is 2. The second-order valence-electron chi connectivity index (χ2n) is 6.81. The van der Waals surface area contributed by atoms with Gasteiger partial charge in [-0.1, -0.05) is 42.0 Å². The van der Waals surface area contributed by atoms with Gasteiger partial charge in [0.1, 0.15) is 0 Å². The lowest BCUT2D eigenvalue weighted by Gasteiger charge is -2.19. The van der Waals surface area contributed by atoms with E-state index >= 15 is 0 Å². The minimum Gasteiger partial charge on any atom is -0.358 e. The predicted molar refractivity (Wildman–Crippen MR) is 110 cm³/mol. The van der Waals surface area contributed by atoms with Gasteiger partial charge < -0.3 is 15.5 Å². The van der Waals surface area contributed by atoms with Crippen LogP contribution in [-0.4, -0.2) is 22.5 Å². The van der Waals surface area contributed by atoms with Crippen molar-refractivity contribution in [1.82, 2.24) is 10.2 Å². The fraction of sp³-hybridized carbons (Fsp3) is 0.333. The van der Waals surface area contributed by atoms with E-state index in [9.17, 15) is 4.79 Å². The topological polar surface area (TPSA) is 44.4 Å². The summed E-state index contributed by atoms with van der Waals surface area (Å²) in [6.45, 7) is 6.31. The molecule has 0 spiro atoms. The lowest BCUT2D eigenvalue weighted by atomic mass is 10.1. The van der Waals surface area contributed by atoms with E-state index in [4.69, 9.17) is 12.2 Å². The molecule has 136 valence electrons. The van der Waals surface area contributed by atoms with Crippen LogP contribution < -0.4 is 10.6 Å². The van der Waals surface area contributed by atoms with Gasteiger partial charge in [-0.15, -0.1) is 0 Å². The highest BCUT2D eigenvalue weighted by Crippen LogP contribution is 2.18. The first kappa shape index (κ1) is 18.4. The van der Waals surface area contributed by atoms with Crippen LogP contribution in [0.15, 0.2) is 42.5 Å². The molecule has 5 heteroatoms. The summed E-state index contributed by atoms with van der Waals surface area (Å²) >= 11 is 5.45. The number of nitrogens with one attached hydrogen (secondary N) is 2. The van der Waals surface area contributed by atoms with Gasteiger partial charge in [0.05, 0.1) is 0 Å². The Kier molecular flexibility index (Phi) is 5.89. The normalized spacial score (nSPS) is 13.8. The number of carbonyl (C=O) groups is 1. The molecule has 3 rings (SSSR count). The molecule has 0 atom stereocenters. The van der Waals surface area contributed by atoms with E-state index < -0.39 is 0 Å². The lowest BCUT2D eigenvalue weighted by Crippen LogP contribution is -2.29. The molecule has 1 saturated heterocycles. The molecule has 2 aromatic rings. The van der Waals surface area contributed by atoms with Crippen molar-refractivity contribution in [3.8, 4) is 0 Å². The van der Waals surface area contributed by atoms with Gasteiger partial charge in [-0.25, -0.2) is 0 Å². The summed E-state index contributed by atoms with van der Waals surface area (Å²) in [5, 5.41) is 7.15. The molecule has 2 N–H and O–H groups in total. The van der Waals surface area contributed by atoms with Crippen LogP contribution in [-0.2, 0) is 17.9 Å². The molecule has 1 aliphatic heterocycles. The average Bonchev–Trinajstić information content (AvgIpc) is 3.01. The molecule has 0 saturated carbocycles. The molecule has 0 radical (unpaired) electrons. The minimum absolute atomic E-state index is 0.250. The van der Waals surface area contributed by atoms with Gasteiger partial charge in [0.15, 0.2) is 5.11 Å². The van der Waals surface area contributed by atoms with Crippen molar-refractivity contribution in [3.05, 3.63) is 64.7 Å². The number of hydrogen-bond donors (Lipinski definition) is 2. The van der Waals surface area contributed by atoms with Crippen LogP contribution in [0.5, 0.6) is 0 Å². The van der Waals surface area contributed by atoms with E-state index in [0.29, 0.717) is 24.6 Å². The maximum absolute atomic E-state index is 11.9. The largest absolute Gasteiger partial charge is 0.358 e. The average molecular weight is 368 g/mol. The number of rotatable bonds is 5. The van der Waals surface area contributed by atoms with E-state index in [2.05, 4.69) is 48.7 Å². The Balaban J connectivity index is 1.60. The van der Waals surface area contributed by atoms with Crippen molar-refractivity contribution in [1.29, 1.82) is 0 Å². The third-order valence-electron chi connectivity index (χ3n) is 4.72.